The van der Waals surface area contributed by atoms with Crippen LogP contribution in [0.15, 0.2) is 24.3 Å². The Morgan fingerprint density at radius 2 is 1.94 bits per heavy atom. The number of hydrogen-bond acceptors (Lipinski definition) is 2. The number of nitrogens with one attached hydrogen (secondary N) is 1. The van der Waals surface area contributed by atoms with Gasteiger partial charge in [0, 0.05) is 18.2 Å². The lowest BCUT2D eigenvalue weighted by atomic mass is 9.97. The Bertz CT molecular complexity index is 357. The molecule has 1 heterocycles. The zero-order valence-electron chi connectivity index (χ0n) is 9.83. The number of rotatable bonds is 2. The number of benzene rings is 1. The van der Waals surface area contributed by atoms with Crippen molar-refractivity contribution in [1.82, 2.24) is 5.32 Å². The van der Waals surface area contributed by atoms with Gasteiger partial charge in [-0.05, 0) is 37.3 Å². The Morgan fingerprint density at radius 1 is 1.25 bits per heavy atom. The fourth-order valence-electron chi connectivity index (χ4n) is 3.05. The predicted octanol–water partition coefficient (Wildman–Crippen LogP) is 1.92. The molecule has 0 bridgehead atoms. The van der Waals surface area contributed by atoms with E-state index in [2.05, 4.69) is 36.5 Å². The third kappa shape index (κ3) is 1.87. The van der Waals surface area contributed by atoms with Crippen LogP contribution in [0.5, 0.6) is 0 Å². The van der Waals surface area contributed by atoms with Crippen molar-refractivity contribution in [2.45, 2.75) is 37.8 Å². The summed E-state index contributed by atoms with van der Waals surface area (Å²) in [5.74, 6) is 0. The van der Waals surface area contributed by atoms with Gasteiger partial charge in [0.1, 0.15) is 0 Å². The van der Waals surface area contributed by atoms with Crippen LogP contribution in [0, 0.1) is 0 Å². The van der Waals surface area contributed by atoms with Crippen molar-refractivity contribution < 1.29 is 4.74 Å². The molecule has 1 fully saturated rings. The third-order valence-corrected chi connectivity index (χ3v) is 3.76. The van der Waals surface area contributed by atoms with Crippen LogP contribution in [-0.4, -0.2) is 24.8 Å². The fraction of sp³-hybridized carbons (Fsp3) is 0.571. The minimum atomic E-state index is 0.238. The maximum atomic E-state index is 5.43. The van der Waals surface area contributed by atoms with Gasteiger partial charge in [0.15, 0.2) is 0 Å². The van der Waals surface area contributed by atoms with E-state index in [9.17, 15) is 0 Å². The van der Waals surface area contributed by atoms with Gasteiger partial charge in [-0.2, -0.15) is 0 Å². The summed E-state index contributed by atoms with van der Waals surface area (Å²) in [6.45, 7) is 4.14. The Balaban J connectivity index is 1.72. The van der Waals surface area contributed by atoms with Crippen molar-refractivity contribution in [1.29, 1.82) is 0 Å². The average molecular weight is 217 g/mol. The quantitative estimate of drug-likeness (QED) is 0.817. The maximum absolute atomic E-state index is 5.43. The Morgan fingerprint density at radius 3 is 2.50 bits per heavy atom. The zero-order chi connectivity index (χ0) is 11.0. The van der Waals surface area contributed by atoms with Gasteiger partial charge >= 0.3 is 0 Å². The molecule has 0 spiro atoms. The van der Waals surface area contributed by atoms with Crippen LogP contribution in [0.3, 0.4) is 0 Å². The second kappa shape index (κ2) is 3.86. The van der Waals surface area contributed by atoms with E-state index in [-0.39, 0.29) is 5.54 Å². The molecule has 3 rings (SSSR count). The summed E-state index contributed by atoms with van der Waals surface area (Å²) in [5.41, 5.74) is 3.26. The lowest BCUT2D eigenvalue weighted by molar-refractivity contribution is 0.182. The SMILES string of the molecule is CC1(NC2CCOC2)Cc2ccccc2C1. The molecule has 1 N–H and O–H groups in total. The molecule has 86 valence electrons. The first-order valence-corrected chi connectivity index (χ1v) is 6.17. The van der Waals surface area contributed by atoms with E-state index in [1.807, 2.05) is 0 Å². The van der Waals surface area contributed by atoms with Crippen molar-refractivity contribution in [3.63, 3.8) is 0 Å². The second-order valence-electron chi connectivity index (χ2n) is 5.39. The van der Waals surface area contributed by atoms with E-state index in [4.69, 9.17) is 4.74 Å². The van der Waals surface area contributed by atoms with Gasteiger partial charge < -0.3 is 10.1 Å². The molecular formula is C14H19NO. The summed E-state index contributed by atoms with van der Waals surface area (Å²) >= 11 is 0. The van der Waals surface area contributed by atoms with E-state index in [0.717, 1.165) is 32.5 Å². The molecule has 1 aromatic carbocycles. The molecule has 0 amide bonds. The first-order valence-electron chi connectivity index (χ1n) is 6.17. The summed E-state index contributed by atoms with van der Waals surface area (Å²) in [6.07, 6.45) is 3.46. The van der Waals surface area contributed by atoms with Crippen LogP contribution >= 0.6 is 0 Å². The van der Waals surface area contributed by atoms with Crippen LogP contribution in [0.4, 0.5) is 0 Å². The van der Waals surface area contributed by atoms with Crippen LogP contribution in [-0.2, 0) is 17.6 Å². The van der Waals surface area contributed by atoms with Gasteiger partial charge in [-0.1, -0.05) is 24.3 Å². The van der Waals surface area contributed by atoms with Crippen molar-refractivity contribution in [2.75, 3.05) is 13.2 Å². The van der Waals surface area contributed by atoms with Gasteiger partial charge in [0.2, 0.25) is 0 Å². The molecule has 0 aromatic heterocycles. The molecule has 1 aromatic rings. The van der Waals surface area contributed by atoms with Crippen molar-refractivity contribution >= 4 is 0 Å². The van der Waals surface area contributed by atoms with E-state index < -0.39 is 0 Å². The molecule has 16 heavy (non-hydrogen) atoms. The van der Waals surface area contributed by atoms with Gasteiger partial charge in [-0.15, -0.1) is 0 Å². The van der Waals surface area contributed by atoms with Gasteiger partial charge in [-0.3, -0.25) is 0 Å². The van der Waals surface area contributed by atoms with Crippen LogP contribution in [0.25, 0.3) is 0 Å². The number of hydrogen-bond donors (Lipinski definition) is 1. The number of fused-ring (bicyclic) bond motifs is 1. The topological polar surface area (TPSA) is 21.3 Å². The van der Waals surface area contributed by atoms with Crippen molar-refractivity contribution in [3.8, 4) is 0 Å². The summed E-state index contributed by atoms with van der Waals surface area (Å²) < 4.78 is 5.43. The standard InChI is InChI=1S/C14H19NO/c1-14(15-13-6-7-16-10-13)8-11-4-2-3-5-12(11)9-14/h2-5,13,15H,6-10H2,1H3. The fourth-order valence-corrected chi connectivity index (χ4v) is 3.05. The van der Waals surface area contributed by atoms with Crippen molar-refractivity contribution in [3.05, 3.63) is 35.4 Å². The molecule has 0 radical (unpaired) electrons. The van der Waals surface area contributed by atoms with Gasteiger partial charge in [-0.25, -0.2) is 0 Å². The first kappa shape index (κ1) is 10.3. The average Bonchev–Trinajstić information content (AvgIpc) is 2.83. The van der Waals surface area contributed by atoms with E-state index in [1.54, 1.807) is 0 Å². The molecule has 2 aliphatic rings. The Hall–Kier alpha value is -0.860. The Labute approximate surface area is 97.0 Å². The maximum Gasteiger partial charge on any atom is 0.0620 e. The first-order chi connectivity index (χ1) is 7.75. The van der Waals surface area contributed by atoms with Crippen LogP contribution in [0.2, 0.25) is 0 Å². The molecule has 1 saturated heterocycles. The van der Waals surface area contributed by atoms with E-state index >= 15 is 0 Å². The minimum absolute atomic E-state index is 0.238. The monoisotopic (exact) mass is 217 g/mol. The van der Waals surface area contributed by atoms with Gasteiger partial charge in [0.05, 0.1) is 6.61 Å². The zero-order valence-corrected chi connectivity index (χ0v) is 9.83. The normalized spacial score (nSPS) is 26.9. The molecule has 1 aliphatic carbocycles. The van der Waals surface area contributed by atoms with Crippen LogP contribution in [0.1, 0.15) is 24.5 Å². The summed E-state index contributed by atoms with van der Waals surface area (Å²) in [5, 5.41) is 3.78. The molecule has 1 unspecified atom stereocenters. The molecular weight excluding hydrogens is 198 g/mol. The van der Waals surface area contributed by atoms with E-state index in [0.29, 0.717) is 6.04 Å². The third-order valence-electron chi connectivity index (χ3n) is 3.76. The number of ether oxygens (including phenoxy) is 1. The predicted molar refractivity (Wildman–Crippen MR) is 64.6 cm³/mol. The highest BCUT2D eigenvalue weighted by atomic mass is 16.5. The molecule has 1 aliphatic heterocycles. The highest BCUT2D eigenvalue weighted by molar-refractivity contribution is 5.35. The minimum Gasteiger partial charge on any atom is -0.380 e. The van der Waals surface area contributed by atoms with Crippen LogP contribution < -0.4 is 5.32 Å². The molecule has 0 saturated carbocycles. The summed E-state index contributed by atoms with van der Waals surface area (Å²) in [6, 6.07) is 9.35. The summed E-state index contributed by atoms with van der Waals surface area (Å²) in [7, 11) is 0. The molecule has 2 heteroatoms. The lowest BCUT2D eigenvalue weighted by Crippen LogP contribution is -2.49. The van der Waals surface area contributed by atoms with E-state index in [1.165, 1.54) is 11.1 Å². The lowest BCUT2D eigenvalue weighted by Gasteiger charge is -2.29. The summed E-state index contributed by atoms with van der Waals surface area (Å²) in [4.78, 5) is 0. The second-order valence-corrected chi connectivity index (χ2v) is 5.39. The Kier molecular flexibility index (Phi) is 2.49. The smallest absolute Gasteiger partial charge is 0.0620 e. The molecule has 2 nitrogen and oxygen atoms in total. The highest BCUT2D eigenvalue weighted by Gasteiger charge is 2.34. The van der Waals surface area contributed by atoms with Gasteiger partial charge in [0.25, 0.3) is 0 Å². The largest absolute Gasteiger partial charge is 0.380 e. The highest BCUT2D eigenvalue weighted by Crippen LogP contribution is 2.30. The molecule has 1 atom stereocenters. The van der Waals surface area contributed by atoms with Crippen molar-refractivity contribution in [2.24, 2.45) is 0 Å².